The molecular formula is C53H95NO13. The normalized spacial score (nSPS) is 27.0. The third kappa shape index (κ3) is 26.7. The minimum Gasteiger partial charge on any atom is -0.394 e. The van der Waals surface area contributed by atoms with Crippen molar-refractivity contribution < 1.29 is 64.6 Å². The van der Waals surface area contributed by atoms with Crippen molar-refractivity contribution in [3.8, 4) is 0 Å². The number of aliphatic hydroxyl groups excluding tert-OH is 8. The van der Waals surface area contributed by atoms with E-state index in [4.69, 9.17) is 18.9 Å². The Kier molecular flexibility index (Phi) is 36.1. The molecule has 2 aliphatic heterocycles. The maximum absolute atomic E-state index is 13.2. The molecule has 0 saturated carbocycles. The van der Waals surface area contributed by atoms with Gasteiger partial charge in [0.1, 0.15) is 48.8 Å². The second-order valence-corrected chi connectivity index (χ2v) is 18.6. The standard InChI is InChI=1S/C53H95NO13/c1-3-5-7-9-11-13-15-17-19-21-23-25-27-29-31-33-35-37-45(58)54-41(42(57)36-34-32-30-28-26-24-22-20-18-16-14-12-10-8-6-4-2)40-64-52-50(63)48(61)51(44(39-56)66-52)67-53-49(62)47(60)46(59)43(38-55)65-53/h11,13,17,19,26,28,34,36,41-44,46-53,55-57,59-63H,3-10,12,14-16,18,20-25,27,29-33,35,37-40H2,1-2H3,(H,54,58)/b13-11-,19-17-,28-26+,36-34+. The molecule has 0 aromatic heterocycles. The first kappa shape index (κ1) is 61.1. The maximum Gasteiger partial charge on any atom is 0.220 e. The molecule has 2 heterocycles. The summed E-state index contributed by atoms with van der Waals surface area (Å²) in [5.41, 5.74) is 0. The number of hydrogen-bond acceptors (Lipinski definition) is 13. The molecule has 0 spiro atoms. The van der Waals surface area contributed by atoms with E-state index in [2.05, 4.69) is 55.6 Å². The lowest BCUT2D eigenvalue weighted by atomic mass is 9.97. The van der Waals surface area contributed by atoms with Crippen LogP contribution in [0, 0.1) is 0 Å². The molecular weight excluding hydrogens is 859 g/mol. The van der Waals surface area contributed by atoms with E-state index in [-0.39, 0.29) is 18.9 Å². The molecule has 0 bridgehead atoms. The zero-order valence-electron chi connectivity index (χ0n) is 41.4. The smallest absolute Gasteiger partial charge is 0.220 e. The quantitative estimate of drug-likeness (QED) is 0.0218. The van der Waals surface area contributed by atoms with Gasteiger partial charge >= 0.3 is 0 Å². The van der Waals surface area contributed by atoms with Gasteiger partial charge in [0.2, 0.25) is 5.91 Å². The number of carbonyl (C=O) groups excluding carboxylic acids is 1. The van der Waals surface area contributed by atoms with Crippen LogP contribution >= 0.6 is 0 Å². The Morgan fingerprint density at radius 1 is 0.537 bits per heavy atom. The first-order valence-electron chi connectivity index (χ1n) is 26.4. The van der Waals surface area contributed by atoms with Crippen LogP contribution in [0.15, 0.2) is 48.6 Å². The van der Waals surface area contributed by atoms with E-state index in [0.29, 0.717) is 12.8 Å². The number of carbonyl (C=O) groups is 1. The van der Waals surface area contributed by atoms with Crippen LogP contribution in [0.5, 0.6) is 0 Å². The van der Waals surface area contributed by atoms with Gasteiger partial charge in [-0.3, -0.25) is 4.79 Å². The van der Waals surface area contributed by atoms with Crippen LogP contribution < -0.4 is 5.32 Å². The van der Waals surface area contributed by atoms with Gasteiger partial charge < -0.3 is 65.1 Å². The predicted octanol–water partition coefficient (Wildman–Crippen LogP) is 7.27. The number of ether oxygens (including phenoxy) is 4. The zero-order valence-corrected chi connectivity index (χ0v) is 41.4. The summed E-state index contributed by atoms with van der Waals surface area (Å²) in [4.78, 5) is 13.2. The van der Waals surface area contributed by atoms with Crippen molar-refractivity contribution in [2.75, 3.05) is 19.8 Å². The topological polar surface area (TPSA) is 228 Å². The van der Waals surface area contributed by atoms with Gasteiger partial charge in [0.25, 0.3) is 0 Å². The molecule has 1 amide bonds. The third-order valence-corrected chi connectivity index (χ3v) is 12.7. The Hall–Kier alpha value is -2.05. The van der Waals surface area contributed by atoms with Crippen molar-refractivity contribution in [3.63, 3.8) is 0 Å². The van der Waals surface area contributed by atoms with Gasteiger partial charge in [-0.25, -0.2) is 0 Å². The van der Waals surface area contributed by atoms with Crippen molar-refractivity contribution in [2.45, 2.75) is 261 Å². The second-order valence-electron chi connectivity index (χ2n) is 18.6. The second kappa shape index (κ2) is 39.6. The number of unbranched alkanes of at least 4 members (excludes halogenated alkanes) is 21. The average Bonchev–Trinajstić information content (AvgIpc) is 3.32. The summed E-state index contributed by atoms with van der Waals surface area (Å²) in [6, 6.07) is -0.935. The lowest BCUT2D eigenvalue weighted by molar-refractivity contribution is -0.359. The van der Waals surface area contributed by atoms with E-state index in [1.165, 1.54) is 103 Å². The molecule has 0 aromatic rings. The molecule has 390 valence electrons. The molecule has 12 unspecified atom stereocenters. The highest BCUT2D eigenvalue weighted by molar-refractivity contribution is 5.76. The zero-order chi connectivity index (χ0) is 48.9. The molecule has 2 saturated heterocycles. The van der Waals surface area contributed by atoms with Crippen LogP contribution in [0.3, 0.4) is 0 Å². The minimum atomic E-state index is -1.79. The van der Waals surface area contributed by atoms with Crippen molar-refractivity contribution in [2.24, 2.45) is 0 Å². The van der Waals surface area contributed by atoms with Crippen molar-refractivity contribution >= 4 is 5.91 Å². The lowest BCUT2D eigenvalue weighted by Gasteiger charge is -2.46. The molecule has 9 N–H and O–H groups in total. The fraction of sp³-hybridized carbons (Fsp3) is 0.830. The van der Waals surface area contributed by atoms with Gasteiger partial charge in [0, 0.05) is 6.42 Å². The Labute approximate surface area is 403 Å². The largest absolute Gasteiger partial charge is 0.394 e. The van der Waals surface area contributed by atoms with Gasteiger partial charge in [-0.2, -0.15) is 0 Å². The summed E-state index contributed by atoms with van der Waals surface area (Å²) < 4.78 is 22.7. The van der Waals surface area contributed by atoms with E-state index < -0.39 is 86.8 Å². The third-order valence-electron chi connectivity index (χ3n) is 12.7. The first-order chi connectivity index (χ1) is 32.6. The lowest BCUT2D eigenvalue weighted by Crippen LogP contribution is -2.65. The molecule has 0 radical (unpaired) electrons. The maximum atomic E-state index is 13.2. The van der Waals surface area contributed by atoms with Crippen molar-refractivity contribution in [1.29, 1.82) is 0 Å². The Morgan fingerprint density at radius 2 is 1.00 bits per heavy atom. The number of nitrogens with one attached hydrogen (secondary N) is 1. The molecule has 67 heavy (non-hydrogen) atoms. The highest BCUT2D eigenvalue weighted by Gasteiger charge is 2.51. The molecule has 14 heteroatoms. The fourth-order valence-corrected chi connectivity index (χ4v) is 8.39. The van der Waals surface area contributed by atoms with Crippen LogP contribution in [-0.2, 0) is 23.7 Å². The number of allylic oxidation sites excluding steroid dienone is 7. The predicted molar refractivity (Wildman–Crippen MR) is 263 cm³/mol. The van der Waals surface area contributed by atoms with Gasteiger partial charge in [0.05, 0.1) is 32.0 Å². The van der Waals surface area contributed by atoms with Crippen LogP contribution in [0.4, 0.5) is 0 Å². The highest BCUT2D eigenvalue weighted by atomic mass is 16.7. The number of hydrogen-bond donors (Lipinski definition) is 9. The van der Waals surface area contributed by atoms with Crippen LogP contribution in [-0.4, -0.2) is 140 Å². The summed E-state index contributed by atoms with van der Waals surface area (Å²) in [6.07, 6.45) is 30.0. The molecule has 12 atom stereocenters. The van der Waals surface area contributed by atoms with Gasteiger partial charge in [-0.05, 0) is 64.2 Å². The highest BCUT2D eigenvalue weighted by Crippen LogP contribution is 2.30. The Balaban J connectivity index is 1.86. The molecule has 0 aromatic carbocycles. The first-order valence-corrected chi connectivity index (χ1v) is 26.4. The van der Waals surface area contributed by atoms with E-state index in [1.54, 1.807) is 6.08 Å². The Bertz CT molecular complexity index is 1310. The van der Waals surface area contributed by atoms with Crippen LogP contribution in [0.2, 0.25) is 0 Å². The number of amides is 1. The van der Waals surface area contributed by atoms with Gasteiger partial charge in [-0.1, -0.05) is 165 Å². The fourth-order valence-electron chi connectivity index (χ4n) is 8.39. The summed E-state index contributed by atoms with van der Waals surface area (Å²) in [7, 11) is 0. The van der Waals surface area contributed by atoms with Gasteiger partial charge in [-0.15, -0.1) is 0 Å². The molecule has 14 nitrogen and oxygen atoms in total. The van der Waals surface area contributed by atoms with E-state index in [1.807, 2.05) is 6.08 Å². The number of aliphatic hydroxyl groups is 8. The average molecular weight is 954 g/mol. The SMILES string of the molecule is CCCCC/C=C\C/C=C\CCCCCCCCCC(=O)NC(COC1OC(CO)C(OC2OC(CO)C(O)C(O)C2O)C(O)C1O)C(O)/C=C/CC/C=C/CCCCCCCCCCCC. The van der Waals surface area contributed by atoms with E-state index in [0.717, 1.165) is 51.4 Å². The minimum absolute atomic E-state index is 0.259. The van der Waals surface area contributed by atoms with E-state index >= 15 is 0 Å². The summed E-state index contributed by atoms with van der Waals surface area (Å²) in [5.74, 6) is -0.259. The molecule has 2 fully saturated rings. The molecule has 2 rings (SSSR count). The molecule has 2 aliphatic rings. The van der Waals surface area contributed by atoms with Gasteiger partial charge in [0.15, 0.2) is 12.6 Å². The van der Waals surface area contributed by atoms with Crippen LogP contribution in [0.25, 0.3) is 0 Å². The van der Waals surface area contributed by atoms with Crippen molar-refractivity contribution in [1.82, 2.24) is 5.32 Å². The van der Waals surface area contributed by atoms with Crippen molar-refractivity contribution in [3.05, 3.63) is 48.6 Å². The summed E-state index contributed by atoms with van der Waals surface area (Å²) in [5, 5.41) is 86.8. The van der Waals surface area contributed by atoms with Crippen LogP contribution in [0.1, 0.15) is 187 Å². The number of rotatable bonds is 40. The molecule has 0 aliphatic carbocycles. The Morgan fingerprint density at radius 3 is 1.58 bits per heavy atom. The summed E-state index contributed by atoms with van der Waals surface area (Å²) in [6.45, 7) is 2.73. The van der Waals surface area contributed by atoms with E-state index in [9.17, 15) is 45.6 Å². The monoisotopic (exact) mass is 954 g/mol. The summed E-state index contributed by atoms with van der Waals surface area (Å²) >= 11 is 0.